The Kier molecular flexibility index (Phi) is 5.87. The van der Waals surface area contributed by atoms with Gasteiger partial charge in [0.05, 0.1) is 0 Å². The first-order chi connectivity index (χ1) is 6.43. The van der Waals surface area contributed by atoms with Gasteiger partial charge in [-0.3, -0.25) is 0 Å². The van der Waals surface area contributed by atoms with Crippen LogP contribution in [0.2, 0.25) is 0 Å². The molecule has 0 radical (unpaired) electrons. The van der Waals surface area contributed by atoms with Gasteiger partial charge in [0.1, 0.15) is 12.7 Å². The highest BCUT2D eigenvalue weighted by Crippen LogP contribution is 2.12. The minimum Gasteiger partial charge on any atom is -0.232 e. The molecule has 0 saturated heterocycles. The van der Waals surface area contributed by atoms with Crippen LogP contribution in [0.5, 0.6) is 0 Å². The fourth-order valence-electron chi connectivity index (χ4n) is 1.50. The van der Waals surface area contributed by atoms with E-state index in [9.17, 15) is 0 Å². The van der Waals surface area contributed by atoms with Crippen molar-refractivity contribution in [2.45, 2.75) is 51.6 Å². The van der Waals surface area contributed by atoms with E-state index >= 15 is 0 Å². The molecule has 1 rings (SSSR count). The number of unbranched alkanes of at least 4 members (excludes halogenated alkanes) is 4. The molecule has 0 saturated carbocycles. The standard InChI is InChI=1S/C11H20O2/c1-2-3-4-5-6-8-11-9-7-10-12-13-11/h7,9,11H,2-6,8,10H2,1H3/t11-/m1/s1. The Balaban J connectivity index is 1.92. The molecule has 0 aromatic heterocycles. The maximum absolute atomic E-state index is 5.10. The smallest absolute Gasteiger partial charge is 0.111 e. The van der Waals surface area contributed by atoms with Crippen LogP contribution in [0.25, 0.3) is 0 Å². The van der Waals surface area contributed by atoms with Crippen LogP contribution in [0.1, 0.15) is 45.4 Å². The average molecular weight is 184 g/mol. The Bertz CT molecular complexity index is 143. The topological polar surface area (TPSA) is 18.5 Å². The maximum atomic E-state index is 5.10. The first kappa shape index (κ1) is 10.7. The SMILES string of the molecule is CCCCCCC[C@@H]1C=CCOO1. The van der Waals surface area contributed by atoms with Crippen molar-refractivity contribution in [3.8, 4) is 0 Å². The van der Waals surface area contributed by atoms with Gasteiger partial charge in [-0.25, -0.2) is 9.78 Å². The van der Waals surface area contributed by atoms with E-state index in [1.165, 1.54) is 32.1 Å². The molecule has 76 valence electrons. The van der Waals surface area contributed by atoms with E-state index in [2.05, 4.69) is 13.0 Å². The summed E-state index contributed by atoms with van der Waals surface area (Å²) in [4.78, 5) is 9.97. The summed E-state index contributed by atoms with van der Waals surface area (Å²) in [6, 6.07) is 0. The average Bonchev–Trinajstić information content (AvgIpc) is 2.19. The lowest BCUT2D eigenvalue weighted by Gasteiger charge is -2.15. The number of hydrogen-bond acceptors (Lipinski definition) is 2. The monoisotopic (exact) mass is 184 g/mol. The fourth-order valence-corrected chi connectivity index (χ4v) is 1.50. The van der Waals surface area contributed by atoms with E-state index < -0.39 is 0 Å². The molecule has 1 aliphatic rings. The van der Waals surface area contributed by atoms with Gasteiger partial charge >= 0.3 is 0 Å². The summed E-state index contributed by atoms with van der Waals surface area (Å²) in [6.07, 6.45) is 12.0. The molecule has 0 fully saturated rings. The summed E-state index contributed by atoms with van der Waals surface area (Å²) in [6.45, 7) is 2.84. The van der Waals surface area contributed by atoms with E-state index in [4.69, 9.17) is 9.78 Å². The van der Waals surface area contributed by atoms with Gasteiger partial charge in [-0.15, -0.1) is 0 Å². The molecule has 0 N–H and O–H groups in total. The van der Waals surface area contributed by atoms with Crippen LogP contribution in [0.3, 0.4) is 0 Å². The number of hydrogen-bond donors (Lipinski definition) is 0. The molecular formula is C11H20O2. The molecule has 0 aromatic rings. The lowest BCUT2D eigenvalue weighted by Crippen LogP contribution is -2.14. The van der Waals surface area contributed by atoms with Crippen molar-refractivity contribution < 1.29 is 9.78 Å². The molecular weight excluding hydrogens is 164 g/mol. The van der Waals surface area contributed by atoms with Crippen molar-refractivity contribution in [1.29, 1.82) is 0 Å². The highest BCUT2D eigenvalue weighted by molar-refractivity contribution is 4.90. The molecule has 0 bridgehead atoms. The highest BCUT2D eigenvalue weighted by Gasteiger charge is 2.08. The zero-order valence-corrected chi connectivity index (χ0v) is 8.50. The minimum absolute atomic E-state index is 0.204. The zero-order valence-electron chi connectivity index (χ0n) is 8.50. The van der Waals surface area contributed by atoms with E-state index in [0.29, 0.717) is 6.61 Å². The number of rotatable bonds is 6. The van der Waals surface area contributed by atoms with Gasteiger partial charge in [-0.1, -0.05) is 51.2 Å². The van der Waals surface area contributed by atoms with Gasteiger partial charge in [0.2, 0.25) is 0 Å². The molecule has 0 unspecified atom stereocenters. The second-order valence-electron chi connectivity index (χ2n) is 3.55. The van der Waals surface area contributed by atoms with Crippen molar-refractivity contribution in [1.82, 2.24) is 0 Å². The van der Waals surface area contributed by atoms with Crippen molar-refractivity contribution in [3.63, 3.8) is 0 Å². The summed E-state index contributed by atoms with van der Waals surface area (Å²) >= 11 is 0. The Morgan fingerprint density at radius 1 is 1.23 bits per heavy atom. The molecule has 13 heavy (non-hydrogen) atoms. The maximum Gasteiger partial charge on any atom is 0.111 e. The quantitative estimate of drug-likeness (QED) is 0.358. The molecule has 1 heterocycles. The van der Waals surface area contributed by atoms with Crippen LogP contribution in [0.15, 0.2) is 12.2 Å². The van der Waals surface area contributed by atoms with E-state index in [0.717, 1.165) is 6.42 Å². The van der Waals surface area contributed by atoms with Crippen molar-refractivity contribution in [3.05, 3.63) is 12.2 Å². The van der Waals surface area contributed by atoms with Crippen LogP contribution >= 0.6 is 0 Å². The summed E-state index contributed by atoms with van der Waals surface area (Å²) in [5.41, 5.74) is 0. The molecule has 0 aromatic carbocycles. The summed E-state index contributed by atoms with van der Waals surface area (Å²) in [5, 5.41) is 0. The highest BCUT2D eigenvalue weighted by atomic mass is 17.2. The van der Waals surface area contributed by atoms with E-state index in [1.807, 2.05) is 6.08 Å². The van der Waals surface area contributed by atoms with Crippen molar-refractivity contribution >= 4 is 0 Å². The van der Waals surface area contributed by atoms with Gasteiger partial charge in [0.15, 0.2) is 0 Å². The molecule has 0 amide bonds. The molecule has 1 atom stereocenters. The van der Waals surface area contributed by atoms with Gasteiger partial charge < -0.3 is 0 Å². The van der Waals surface area contributed by atoms with Crippen LogP contribution in [0, 0.1) is 0 Å². The molecule has 2 nitrogen and oxygen atoms in total. The van der Waals surface area contributed by atoms with Crippen LogP contribution in [-0.4, -0.2) is 12.7 Å². The Morgan fingerprint density at radius 2 is 2.08 bits per heavy atom. The van der Waals surface area contributed by atoms with Crippen LogP contribution in [0.4, 0.5) is 0 Å². The zero-order chi connectivity index (χ0) is 9.36. The first-order valence-electron chi connectivity index (χ1n) is 5.38. The predicted molar refractivity (Wildman–Crippen MR) is 53.3 cm³/mol. The van der Waals surface area contributed by atoms with Crippen molar-refractivity contribution in [2.75, 3.05) is 6.61 Å². The third kappa shape index (κ3) is 5.06. The summed E-state index contributed by atoms with van der Waals surface area (Å²) in [5.74, 6) is 0. The largest absolute Gasteiger partial charge is 0.232 e. The van der Waals surface area contributed by atoms with Crippen LogP contribution < -0.4 is 0 Å². The van der Waals surface area contributed by atoms with Gasteiger partial charge in [0, 0.05) is 0 Å². The molecule has 2 heteroatoms. The lowest BCUT2D eigenvalue weighted by molar-refractivity contribution is -0.313. The molecule has 1 aliphatic heterocycles. The van der Waals surface area contributed by atoms with E-state index in [-0.39, 0.29) is 6.10 Å². The van der Waals surface area contributed by atoms with Gasteiger partial charge in [-0.2, -0.15) is 0 Å². The second-order valence-corrected chi connectivity index (χ2v) is 3.55. The van der Waals surface area contributed by atoms with Crippen molar-refractivity contribution in [2.24, 2.45) is 0 Å². The molecule has 0 aliphatic carbocycles. The first-order valence-corrected chi connectivity index (χ1v) is 5.38. The summed E-state index contributed by atoms with van der Waals surface area (Å²) < 4.78 is 0. The Hall–Kier alpha value is -0.340. The van der Waals surface area contributed by atoms with E-state index in [1.54, 1.807) is 0 Å². The third-order valence-corrected chi connectivity index (χ3v) is 2.30. The summed E-state index contributed by atoms with van der Waals surface area (Å²) in [7, 11) is 0. The fraction of sp³-hybridized carbons (Fsp3) is 0.818. The second kappa shape index (κ2) is 7.10. The molecule has 0 spiro atoms. The third-order valence-electron chi connectivity index (χ3n) is 2.30. The predicted octanol–water partition coefficient (Wildman–Crippen LogP) is 3.23. The normalized spacial score (nSPS) is 22.1. The van der Waals surface area contributed by atoms with Gasteiger partial charge in [0.25, 0.3) is 0 Å². The Morgan fingerprint density at radius 3 is 2.77 bits per heavy atom. The van der Waals surface area contributed by atoms with Crippen LogP contribution in [-0.2, 0) is 9.78 Å². The van der Waals surface area contributed by atoms with Gasteiger partial charge in [-0.05, 0) is 6.42 Å². The Labute approximate surface area is 80.8 Å². The lowest BCUT2D eigenvalue weighted by atomic mass is 10.1. The minimum atomic E-state index is 0.204.